The van der Waals surface area contributed by atoms with Crippen LogP contribution in [0, 0.1) is 0 Å². The predicted octanol–water partition coefficient (Wildman–Crippen LogP) is 0.862. The van der Waals surface area contributed by atoms with E-state index in [1.54, 1.807) is 17.2 Å². The van der Waals surface area contributed by atoms with E-state index in [-0.39, 0.29) is 16.3 Å². The summed E-state index contributed by atoms with van der Waals surface area (Å²) in [5.74, 6) is 0.615. The van der Waals surface area contributed by atoms with E-state index in [1.165, 1.54) is 25.0 Å². The lowest BCUT2D eigenvalue weighted by Gasteiger charge is -2.14. The van der Waals surface area contributed by atoms with Crippen LogP contribution >= 0.6 is 11.8 Å². The molecule has 0 N–H and O–H groups in total. The predicted molar refractivity (Wildman–Crippen MR) is 61.1 cm³/mol. The largest absolute Gasteiger partial charge is 0.296 e. The van der Waals surface area contributed by atoms with Crippen LogP contribution in [0.3, 0.4) is 0 Å². The average molecular weight is 237 g/mol. The van der Waals surface area contributed by atoms with Crippen molar-refractivity contribution in [1.82, 2.24) is 9.97 Å². The summed E-state index contributed by atoms with van der Waals surface area (Å²) in [5.41, 5.74) is 0. The molecule has 1 unspecified atom stereocenters. The van der Waals surface area contributed by atoms with Crippen molar-refractivity contribution in [2.24, 2.45) is 0 Å². The SMILES string of the molecule is CC(=O)SC1CC(=O)N(c2ccncn2)C1. The zero-order valence-corrected chi connectivity index (χ0v) is 9.61. The highest BCUT2D eigenvalue weighted by Gasteiger charge is 2.32. The topological polar surface area (TPSA) is 63.2 Å². The van der Waals surface area contributed by atoms with Gasteiger partial charge in [-0.2, -0.15) is 0 Å². The first-order valence-corrected chi connectivity index (χ1v) is 5.78. The Bertz CT molecular complexity index is 410. The summed E-state index contributed by atoms with van der Waals surface area (Å²) in [5, 5.41) is 0.0855. The van der Waals surface area contributed by atoms with Gasteiger partial charge >= 0.3 is 0 Å². The van der Waals surface area contributed by atoms with Gasteiger partial charge in [-0.15, -0.1) is 0 Å². The van der Waals surface area contributed by atoms with Crippen molar-refractivity contribution in [3.63, 3.8) is 0 Å². The fraction of sp³-hybridized carbons (Fsp3) is 0.400. The van der Waals surface area contributed by atoms with Crippen LogP contribution in [0.5, 0.6) is 0 Å². The molecule has 2 rings (SSSR count). The molecule has 1 saturated heterocycles. The lowest BCUT2D eigenvalue weighted by molar-refractivity contribution is -0.117. The van der Waals surface area contributed by atoms with E-state index in [2.05, 4.69) is 9.97 Å². The maximum Gasteiger partial charge on any atom is 0.229 e. The van der Waals surface area contributed by atoms with Crippen LogP contribution in [0.1, 0.15) is 13.3 Å². The molecule has 1 aromatic rings. The third kappa shape index (κ3) is 2.38. The molecule has 1 aliphatic heterocycles. The summed E-state index contributed by atoms with van der Waals surface area (Å²) < 4.78 is 0. The second kappa shape index (κ2) is 4.61. The minimum Gasteiger partial charge on any atom is -0.296 e. The maximum atomic E-state index is 11.7. The summed E-state index contributed by atoms with van der Waals surface area (Å²) >= 11 is 1.22. The molecule has 0 bridgehead atoms. The number of aromatic nitrogens is 2. The highest BCUT2D eigenvalue weighted by Crippen LogP contribution is 2.26. The Morgan fingerprint density at radius 2 is 2.44 bits per heavy atom. The maximum absolute atomic E-state index is 11.7. The van der Waals surface area contributed by atoms with Crippen LogP contribution in [0.4, 0.5) is 5.82 Å². The fourth-order valence-corrected chi connectivity index (χ4v) is 2.57. The number of anilines is 1. The second-order valence-corrected chi connectivity index (χ2v) is 4.98. The molecule has 5 nitrogen and oxygen atoms in total. The van der Waals surface area contributed by atoms with Gasteiger partial charge < -0.3 is 0 Å². The van der Waals surface area contributed by atoms with E-state index in [0.29, 0.717) is 18.8 Å². The van der Waals surface area contributed by atoms with Gasteiger partial charge in [-0.3, -0.25) is 14.5 Å². The lowest BCUT2D eigenvalue weighted by atomic mass is 10.4. The highest BCUT2D eigenvalue weighted by molar-refractivity contribution is 8.14. The van der Waals surface area contributed by atoms with Crippen molar-refractivity contribution in [1.29, 1.82) is 0 Å². The van der Waals surface area contributed by atoms with Crippen LogP contribution in [0.15, 0.2) is 18.6 Å². The Morgan fingerprint density at radius 1 is 1.62 bits per heavy atom. The molecule has 0 saturated carbocycles. The van der Waals surface area contributed by atoms with Crippen LogP contribution in [0.2, 0.25) is 0 Å². The molecule has 0 radical (unpaired) electrons. The molecule has 1 amide bonds. The normalized spacial score (nSPS) is 20.2. The van der Waals surface area contributed by atoms with Crippen molar-refractivity contribution in [3.8, 4) is 0 Å². The Kier molecular flexibility index (Phi) is 3.19. The molecule has 0 aromatic carbocycles. The number of hydrogen-bond donors (Lipinski definition) is 0. The summed E-state index contributed by atoms with van der Waals surface area (Å²) in [6.45, 7) is 2.06. The molecular formula is C10H11N3O2S. The van der Waals surface area contributed by atoms with Gasteiger partial charge in [-0.25, -0.2) is 9.97 Å². The summed E-state index contributed by atoms with van der Waals surface area (Å²) in [6, 6.07) is 1.69. The van der Waals surface area contributed by atoms with Crippen LogP contribution in [0.25, 0.3) is 0 Å². The minimum absolute atomic E-state index is 0.0115. The van der Waals surface area contributed by atoms with E-state index < -0.39 is 0 Å². The number of nitrogens with zero attached hydrogens (tertiary/aromatic N) is 3. The number of carbonyl (C=O) groups excluding carboxylic acids is 2. The van der Waals surface area contributed by atoms with Crippen molar-refractivity contribution in [2.45, 2.75) is 18.6 Å². The first kappa shape index (κ1) is 11.1. The van der Waals surface area contributed by atoms with Gasteiger partial charge in [0.2, 0.25) is 5.91 Å². The number of hydrogen-bond acceptors (Lipinski definition) is 5. The quantitative estimate of drug-likeness (QED) is 0.763. The molecular weight excluding hydrogens is 226 g/mol. The average Bonchev–Trinajstić information content (AvgIpc) is 2.60. The van der Waals surface area contributed by atoms with Gasteiger partial charge in [0.15, 0.2) is 5.12 Å². The summed E-state index contributed by atoms with van der Waals surface area (Å²) in [6.07, 6.45) is 3.41. The Balaban J connectivity index is 2.08. The summed E-state index contributed by atoms with van der Waals surface area (Å²) in [7, 11) is 0. The lowest BCUT2D eigenvalue weighted by Crippen LogP contribution is -2.25. The van der Waals surface area contributed by atoms with Gasteiger partial charge in [0.1, 0.15) is 12.1 Å². The van der Waals surface area contributed by atoms with E-state index in [1.807, 2.05) is 0 Å². The van der Waals surface area contributed by atoms with Crippen molar-refractivity contribution in [3.05, 3.63) is 18.6 Å². The molecule has 1 fully saturated rings. The molecule has 1 aromatic heterocycles. The molecule has 84 valence electrons. The van der Waals surface area contributed by atoms with Gasteiger partial charge in [0.05, 0.1) is 0 Å². The van der Waals surface area contributed by atoms with Crippen LogP contribution in [-0.4, -0.2) is 32.8 Å². The number of thioether (sulfide) groups is 1. The third-order valence-electron chi connectivity index (χ3n) is 2.27. The van der Waals surface area contributed by atoms with Gasteiger partial charge in [-0.1, -0.05) is 11.8 Å². The van der Waals surface area contributed by atoms with E-state index in [4.69, 9.17) is 0 Å². The fourth-order valence-electron chi connectivity index (χ4n) is 1.65. The van der Waals surface area contributed by atoms with Crippen molar-refractivity contribution >= 4 is 28.6 Å². The van der Waals surface area contributed by atoms with Crippen molar-refractivity contribution in [2.75, 3.05) is 11.4 Å². The molecule has 0 spiro atoms. The molecule has 1 atom stereocenters. The van der Waals surface area contributed by atoms with Crippen LogP contribution < -0.4 is 4.90 Å². The Hall–Kier alpha value is -1.43. The highest BCUT2D eigenvalue weighted by atomic mass is 32.2. The first-order chi connectivity index (χ1) is 7.66. The van der Waals surface area contributed by atoms with Gasteiger partial charge in [0, 0.05) is 31.3 Å². The molecule has 2 heterocycles. The van der Waals surface area contributed by atoms with E-state index in [0.717, 1.165) is 0 Å². The smallest absolute Gasteiger partial charge is 0.229 e. The monoisotopic (exact) mass is 237 g/mol. The first-order valence-electron chi connectivity index (χ1n) is 4.90. The van der Waals surface area contributed by atoms with Crippen LogP contribution in [-0.2, 0) is 9.59 Å². The standard InChI is InChI=1S/C10H11N3O2S/c1-7(14)16-8-4-10(15)13(5-8)9-2-3-11-6-12-9/h2-3,6,8H,4-5H2,1H3. The number of rotatable bonds is 2. The zero-order chi connectivity index (χ0) is 11.5. The Morgan fingerprint density at radius 3 is 3.06 bits per heavy atom. The number of amides is 1. The van der Waals surface area contributed by atoms with E-state index >= 15 is 0 Å². The molecule has 16 heavy (non-hydrogen) atoms. The Labute approximate surface area is 97.3 Å². The summed E-state index contributed by atoms with van der Waals surface area (Å²) in [4.78, 5) is 32.1. The van der Waals surface area contributed by atoms with Gasteiger partial charge in [-0.05, 0) is 6.07 Å². The van der Waals surface area contributed by atoms with Crippen molar-refractivity contribution < 1.29 is 9.59 Å². The van der Waals surface area contributed by atoms with Gasteiger partial charge in [0.25, 0.3) is 0 Å². The number of carbonyl (C=O) groups is 2. The molecule has 6 heteroatoms. The third-order valence-corrected chi connectivity index (χ3v) is 3.25. The van der Waals surface area contributed by atoms with E-state index in [9.17, 15) is 9.59 Å². The minimum atomic E-state index is 0.0115. The second-order valence-electron chi connectivity index (χ2n) is 3.51. The zero-order valence-electron chi connectivity index (χ0n) is 8.79. The molecule has 0 aliphatic carbocycles. The molecule has 1 aliphatic rings.